The molecule has 0 aliphatic heterocycles. The van der Waals surface area contributed by atoms with Crippen LogP contribution >= 0.6 is 22.9 Å². The van der Waals surface area contributed by atoms with E-state index in [2.05, 4.69) is 12.2 Å². The quantitative estimate of drug-likeness (QED) is 0.856. The van der Waals surface area contributed by atoms with Gasteiger partial charge in [-0.3, -0.25) is 0 Å². The van der Waals surface area contributed by atoms with Crippen LogP contribution in [0.15, 0.2) is 36.4 Å². The van der Waals surface area contributed by atoms with Gasteiger partial charge < -0.3 is 10.4 Å². The number of aliphatic hydroxyl groups is 1. The minimum absolute atomic E-state index is 0.169. The Bertz CT molecular complexity index is 524. The Kier molecular flexibility index (Phi) is 4.27. The normalized spacial score (nSPS) is 14.2. The van der Waals surface area contributed by atoms with E-state index in [9.17, 15) is 5.11 Å². The lowest BCUT2D eigenvalue weighted by Crippen LogP contribution is -2.08. The van der Waals surface area contributed by atoms with Crippen LogP contribution in [-0.4, -0.2) is 5.11 Å². The van der Waals surface area contributed by atoms with Gasteiger partial charge in [-0.2, -0.15) is 0 Å². The van der Waals surface area contributed by atoms with Crippen molar-refractivity contribution in [3.8, 4) is 0 Å². The lowest BCUT2D eigenvalue weighted by Gasteiger charge is -2.18. The van der Waals surface area contributed by atoms with E-state index in [1.807, 2.05) is 36.4 Å². The molecule has 0 amide bonds. The molecule has 1 heterocycles. The van der Waals surface area contributed by atoms with Crippen LogP contribution in [0.2, 0.25) is 4.34 Å². The molecule has 2 unspecified atom stereocenters. The first kappa shape index (κ1) is 13.4. The Morgan fingerprint density at radius 2 is 1.89 bits per heavy atom. The minimum Gasteiger partial charge on any atom is -0.389 e. The van der Waals surface area contributed by atoms with E-state index in [0.717, 1.165) is 15.6 Å². The molecular weight excluding hydrogens is 266 g/mol. The van der Waals surface area contributed by atoms with Crippen molar-refractivity contribution in [2.45, 2.75) is 26.0 Å². The Labute approximate surface area is 116 Å². The summed E-state index contributed by atoms with van der Waals surface area (Å²) in [5.41, 5.74) is 1.87. The van der Waals surface area contributed by atoms with Gasteiger partial charge in [0.05, 0.1) is 16.5 Å². The number of anilines is 1. The third kappa shape index (κ3) is 3.05. The lowest BCUT2D eigenvalue weighted by molar-refractivity contribution is 0.200. The summed E-state index contributed by atoms with van der Waals surface area (Å²) in [5.74, 6) is 0. The second-order valence-electron chi connectivity index (χ2n) is 4.27. The SMILES string of the molecule is CC(O)c1ccccc1NC(C)c1ccc(Cl)s1. The van der Waals surface area contributed by atoms with Crippen molar-refractivity contribution in [2.75, 3.05) is 5.32 Å². The number of thiophene rings is 1. The van der Waals surface area contributed by atoms with Gasteiger partial charge in [0, 0.05) is 16.1 Å². The Hall–Kier alpha value is -1.03. The van der Waals surface area contributed by atoms with E-state index in [-0.39, 0.29) is 6.04 Å². The molecule has 0 aliphatic rings. The Balaban J connectivity index is 2.19. The summed E-state index contributed by atoms with van der Waals surface area (Å²) >= 11 is 7.51. The monoisotopic (exact) mass is 281 g/mol. The maximum atomic E-state index is 9.73. The van der Waals surface area contributed by atoms with E-state index in [0.29, 0.717) is 0 Å². The molecule has 2 rings (SSSR count). The summed E-state index contributed by atoms with van der Waals surface area (Å²) in [4.78, 5) is 1.18. The first-order valence-corrected chi connectivity index (χ1v) is 7.06. The van der Waals surface area contributed by atoms with Gasteiger partial charge in [-0.25, -0.2) is 0 Å². The van der Waals surface area contributed by atoms with Crippen LogP contribution in [-0.2, 0) is 0 Å². The molecule has 2 nitrogen and oxygen atoms in total. The molecule has 0 aliphatic carbocycles. The van der Waals surface area contributed by atoms with Crippen LogP contribution in [0, 0.1) is 0 Å². The summed E-state index contributed by atoms with van der Waals surface area (Å²) in [5, 5.41) is 13.1. The maximum absolute atomic E-state index is 9.73. The van der Waals surface area contributed by atoms with Crippen LogP contribution in [0.25, 0.3) is 0 Å². The molecular formula is C14H16ClNOS. The number of nitrogens with one attached hydrogen (secondary N) is 1. The van der Waals surface area contributed by atoms with E-state index in [1.165, 1.54) is 4.88 Å². The van der Waals surface area contributed by atoms with Crippen molar-refractivity contribution in [2.24, 2.45) is 0 Å². The molecule has 0 saturated carbocycles. The highest BCUT2D eigenvalue weighted by Gasteiger charge is 2.12. The summed E-state index contributed by atoms with van der Waals surface area (Å²) in [6.45, 7) is 3.86. The van der Waals surface area contributed by atoms with Gasteiger partial charge in [0.1, 0.15) is 0 Å². The van der Waals surface area contributed by atoms with Crippen molar-refractivity contribution in [1.29, 1.82) is 0 Å². The minimum atomic E-state index is -0.479. The molecule has 2 atom stereocenters. The molecule has 96 valence electrons. The van der Waals surface area contributed by atoms with E-state index < -0.39 is 6.10 Å². The molecule has 0 fully saturated rings. The molecule has 0 bridgehead atoms. The summed E-state index contributed by atoms with van der Waals surface area (Å²) < 4.78 is 0.794. The molecule has 2 N–H and O–H groups in total. The molecule has 1 aromatic heterocycles. The zero-order valence-electron chi connectivity index (χ0n) is 10.4. The predicted octanol–water partition coefficient (Wildman–Crippen LogP) is 4.63. The zero-order chi connectivity index (χ0) is 13.1. The van der Waals surface area contributed by atoms with Crippen molar-refractivity contribution < 1.29 is 5.11 Å². The first-order valence-electron chi connectivity index (χ1n) is 5.86. The molecule has 1 aromatic carbocycles. The van der Waals surface area contributed by atoms with Crippen molar-refractivity contribution in [3.63, 3.8) is 0 Å². The van der Waals surface area contributed by atoms with Gasteiger partial charge in [-0.05, 0) is 32.0 Å². The highest BCUT2D eigenvalue weighted by Crippen LogP contribution is 2.31. The van der Waals surface area contributed by atoms with Gasteiger partial charge >= 0.3 is 0 Å². The second kappa shape index (κ2) is 5.74. The number of benzene rings is 1. The average Bonchev–Trinajstić information content (AvgIpc) is 2.76. The lowest BCUT2D eigenvalue weighted by atomic mass is 10.1. The number of halogens is 1. The second-order valence-corrected chi connectivity index (χ2v) is 6.02. The summed E-state index contributed by atoms with van der Waals surface area (Å²) in [6, 6.07) is 11.9. The molecule has 0 radical (unpaired) electrons. The van der Waals surface area contributed by atoms with E-state index in [4.69, 9.17) is 11.6 Å². The highest BCUT2D eigenvalue weighted by atomic mass is 35.5. The zero-order valence-corrected chi connectivity index (χ0v) is 11.9. The molecule has 2 aromatic rings. The standard InChI is InChI=1S/C14H16ClNOS/c1-9(13-7-8-14(15)18-13)16-12-6-4-3-5-11(12)10(2)17/h3-10,16-17H,1-2H3. The molecule has 0 spiro atoms. The van der Waals surface area contributed by atoms with Crippen LogP contribution < -0.4 is 5.32 Å². The van der Waals surface area contributed by atoms with Crippen molar-refractivity contribution in [1.82, 2.24) is 0 Å². The smallest absolute Gasteiger partial charge is 0.0932 e. The fourth-order valence-corrected chi connectivity index (χ4v) is 2.92. The van der Waals surface area contributed by atoms with Gasteiger partial charge in [0.2, 0.25) is 0 Å². The molecule has 4 heteroatoms. The number of para-hydroxylation sites is 1. The first-order chi connectivity index (χ1) is 8.58. The number of hydrogen-bond acceptors (Lipinski definition) is 3. The largest absolute Gasteiger partial charge is 0.389 e. The average molecular weight is 282 g/mol. The number of hydrogen-bond donors (Lipinski definition) is 2. The third-order valence-corrected chi connectivity index (χ3v) is 4.22. The van der Waals surface area contributed by atoms with Crippen molar-refractivity contribution in [3.05, 3.63) is 51.2 Å². The topological polar surface area (TPSA) is 32.3 Å². The van der Waals surface area contributed by atoms with Gasteiger partial charge in [0.25, 0.3) is 0 Å². The molecule has 18 heavy (non-hydrogen) atoms. The number of rotatable bonds is 4. The van der Waals surface area contributed by atoms with Crippen molar-refractivity contribution >= 4 is 28.6 Å². The van der Waals surface area contributed by atoms with Crippen LogP contribution in [0.3, 0.4) is 0 Å². The van der Waals surface area contributed by atoms with Gasteiger partial charge in [-0.15, -0.1) is 11.3 Å². The number of aliphatic hydroxyl groups excluding tert-OH is 1. The fraction of sp³-hybridized carbons (Fsp3) is 0.286. The maximum Gasteiger partial charge on any atom is 0.0932 e. The van der Waals surface area contributed by atoms with E-state index in [1.54, 1.807) is 18.3 Å². The highest BCUT2D eigenvalue weighted by molar-refractivity contribution is 7.16. The van der Waals surface area contributed by atoms with Gasteiger partial charge in [-0.1, -0.05) is 29.8 Å². The third-order valence-electron chi connectivity index (χ3n) is 2.80. The van der Waals surface area contributed by atoms with Crippen LogP contribution in [0.4, 0.5) is 5.69 Å². The summed E-state index contributed by atoms with van der Waals surface area (Å²) in [7, 11) is 0. The Morgan fingerprint density at radius 3 is 2.50 bits per heavy atom. The molecule has 0 saturated heterocycles. The Morgan fingerprint density at radius 1 is 1.17 bits per heavy atom. The van der Waals surface area contributed by atoms with E-state index >= 15 is 0 Å². The fourth-order valence-electron chi connectivity index (χ4n) is 1.86. The summed E-state index contributed by atoms with van der Waals surface area (Å²) in [6.07, 6.45) is -0.479. The van der Waals surface area contributed by atoms with Crippen LogP contribution in [0.5, 0.6) is 0 Å². The predicted molar refractivity (Wildman–Crippen MR) is 78.4 cm³/mol. The van der Waals surface area contributed by atoms with Crippen LogP contribution in [0.1, 0.15) is 36.4 Å². The van der Waals surface area contributed by atoms with Gasteiger partial charge in [0.15, 0.2) is 0 Å².